The Bertz CT molecular complexity index is 758. The summed E-state index contributed by atoms with van der Waals surface area (Å²) < 4.78 is 5.38. The Morgan fingerprint density at radius 1 is 0.960 bits per heavy atom. The van der Waals surface area contributed by atoms with Crippen LogP contribution in [0.2, 0.25) is 0 Å². The summed E-state index contributed by atoms with van der Waals surface area (Å²) in [6.45, 7) is 0. The Balaban J connectivity index is 1.54. The quantitative estimate of drug-likeness (QED) is 0.450. The van der Waals surface area contributed by atoms with Crippen molar-refractivity contribution in [2.45, 2.75) is 38.5 Å². The van der Waals surface area contributed by atoms with Gasteiger partial charge in [-0.2, -0.15) is 0 Å². The number of carbonyl (C=O) groups excluding carboxylic acids is 2. The first-order valence-electron chi connectivity index (χ1n) is 8.79. The van der Waals surface area contributed by atoms with Crippen molar-refractivity contribution in [1.82, 2.24) is 0 Å². The van der Waals surface area contributed by atoms with Crippen LogP contribution in [0.15, 0.2) is 60.2 Å². The van der Waals surface area contributed by atoms with Gasteiger partial charge in [-0.1, -0.05) is 42.5 Å². The van der Waals surface area contributed by atoms with E-state index in [1.165, 1.54) is 0 Å². The number of ether oxygens (including phenoxy) is 1. The first-order chi connectivity index (χ1) is 12.2. The predicted octanol–water partition coefficient (Wildman–Crippen LogP) is 4.75. The van der Waals surface area contributed by atoms with Gasteiger partial charge < -0.3 is 4.74 Å². The SMILES string of the molecule is O=C(CCc1ccccc1)Oc1ccc(/C=C2\CCCCC2=O)cc1. The summed E-state index contributed by atoms with van der Waals surface area (Å²) in [6.07, 6.45) is 6.56. The van der Waals surface area contributed by atoms with Gasteiger partial charge in [0.15, 0.2) is 5.78 Å². The molecule has 0 radical (unpaired) electrons. The second-order valence-electron chi connectivity index (χ2n) is 6.33. The molecule has 25 heavy (non-hydrogen) atoms. The van der Waals surface area contributed by atoms with Gasteiger partial charge in [-0.15, -0.1) is 0 Å². The van der Waals surface area contributed by atoms with Gasteiger partial charge in [0.2, 0.25) is 0 Å². The fourth-order valence-corrected chi connectivity index (χ4v) is 2.96. The zero-order valence-electron chi connectivity index (χ0n) is 14.2. The molecule has 1 saturated carbocycles. The van der Waals surface area contributed by atoms with Crippen molar-refractivity contribution in [2.75, 3.05) is 0 Å². The van der Waals surface area contributed by atoms with E-state index in [9.17, 15) is 9.59 Å². The molecular formula is C22H22O3. The molecule has 3 rings (SSSR count). The number of aryl methyl sites for hydroxylation is 1. The minimum absolute atomic E-state index is 0.239. The van der Waals surface area contributed by atoms with E-state index in [0.29, 0.717) is 25.0 Å². The number of carbonyl (C=O) groups is 2. The number of benzene rings is 2. The van der Waals surface area contributed by atoms with E-state index in [4.69, 9.17) is 4.74 Å². The predicted molar refractivity (Wildman–Crippen MR) is 98.3 cm³/mol. The molecule has 0 heterocycles. The van der Waals surface area contributed by atoms with E-state index in [-0.39, 0.29) is 11.8 Å². The lowest BCUT2D eigenvalue weighted by atomic mass is 9.92. The monoisotopic (exact) mass is 334 g/mol. The van der Waals surface area contributed by atoms with E-state index in [2.05, 4.69) is 0 Å². The standard InChI is InChI=1S/C22H22O3/c23-21-9-5-4-8-19(21)16-18-10-13-20(14-11-18)25-22(24)15-12-17-6-2-1-3-7-17/h1-3,6-7,10-11,13-14,16H,4-5,8-9,12,15H2/b19-16+. The highest BCUT2D eigenvalue weighted by Gasteiger charge is 2.14. The first-order valence-corrected chi connectivity index (χ1v) is 8.79. The van der Waals surface area contributed by atoms with Crippen molar-refractivity contribution < 1.29 is 14.3 Å². The van der Waals surface area contributed by atoms with Gasteiger partial charge >= 0.3 is 5.97 Å². The van der Waals surface area contributed by atoms with Crippen LogP contribution in [-0.2, 0) is 16.0 Å². The van der Waals surface area contributed by atoms with Crippen molar-refractivity contribution in [2.24, 2.45) is 0 Å². The van der Waals surface area contributed by atoms with Crippen LogP contribution < -0.4 is 4.74 Å². The molecule has 2 aromatic carbocycles. The summed E-state index contributed by atoms with van der Waals surface area (Å²) in [6, 6.07) is 17.2. The number of hydrogen-bond acceptors (Lipinski definition) is 3. The summed E-state index contributed by atoms with van der Waals surface area (Å²) in [4.78, 5) is 23.8. The van der Waals surface area contributed by atoms with Crippen LogP contribution in [0.1, 0.15) is 43.2 Å². The second-order valence-corrected chi connectivity index (χ2v) is 6.33. The van der Waals surface area contributed by atoms with Crippen LogP contribution in [-0.4, -0.2) is 11.8 Å². The molecule has 0 amide bonds. The normalized spacial score (nSPS) is 16.0. The molecule has 0 unspecified atom stereocenters. The van der Waals surface area contributed by atoms with Gasteiger partial charge in [-0.25, -0.2) is 0 Å². The third-order valence-corrected chi connectivity index (χ3v) is 4.37. The lowest BCUT2D eigenvalue weighted by Gasteiger charge is -2.12. The molecular weight excluding hydrogens is 312 g/mol. The number of Topliss-reactive ketones (excluding diaryl/α,β-unsaturated/α-hetero) is 1. The van der Waals surface area contributed by atoms with Gasteiger partial charge in [0.25, 0.3) is 0 Å². The highest BCUT2D eigenvalue weighted by Crippen LogP contribution is 2.23. The van der Waals surface area contributed by atoms with Crippen molar-refractivity contribution in [1.29, 1.82) is 0 Å². The molecule has 1 aliphatic rings. The van der Waals surface area contributed by atoms with Crippen LogP contribution in [0, 0.1) is 0 Å². The van der Waals surface area contributed by atoms with Crippen LogP contribution in [0.25, 0.3) is 6.08 Å². The Labute approximate surface area is 148 Å². The highest BCUT2D eigenvalue weighted by atomic mass is 16.5. The number of rotatable bonds is 5. The number of esters is 1. The maximum absolute atomic E-state index is 12.0. The Morgan fingerprint density at radius 3 is 2.40 bits per heavy atom. The molecule has 3 heteroatoms. The molecule has 128 valence electrons. The molecule has 0 aromatic heterocycles. The van der Waals surface area contributed by atoms with Crippen LogP contribution in [0.3, 0.4) is 0 Å². The number of allylic oxidation sites excluding steroid dienone is 1. The molecule has 1 fully saturated rings. The zero-order chi connectivity index (χ0) is 17.5. The summed E-state index contributed by atoms with van der Waals surface area (Å²) in [7, 11) is 0. The maximum Gasteiger partial charge on any atom is 0.311 e. The minimum atomic E-state index is -0.239. The molecule has 3 nitrogen and oxygen atoms in total. The van der Waals surface area contributed by atoms with Crippen molar-refractivity contribution in [3.63, 3.8) is 0 Å². The van der Waals surface area contributed by atoms with Crippen molar-refractivity contribution >= 4 is 17.8 Å². The molecule has 2 aromatic rings. The molecule has 0 atom stereocenters. The summed E-state index contributed by atoms with van der Waals surface area (Å²) in [5, 5.41) is 0. The van der Waals surface area contributed by atoms with Gasteiger partial charge in [0, 0.05) is 12.8 Å². The average Bonchev–Trinajstić information content (AvgIpc) is 2.64. The van der Waals surface area contributed by atoms with E-state index >= 15 is 0 Å². The molecule has 0 aliphatic heterocycles. The van der Waals surface area contributed by atoms with Gasteiger partial charge in [0.1, 0.15) is 5.75 Å². The smallest absolute Gasteiger partial charge is 0.311 e. The van der Waals surface area contributed by atoms with Gasteiger partial charge in [-0.05, 0) is 60.6 Å². The fraction of sp³-hybridized carbons (Fsp3) is 0.273. The van der Waals surface area contributed by atoms with E-state index < -0.39 is 0 Å². The lowest BCUT2D eigenvalue weighted by Crippen LogP contribution is -2.09. The molecule has 0 saturated heterocycles. The molecule has 1 aliphatic carbocycles. The highest BCUT2D eigenvalue weighted by molar-refractivity contribution is 6.00. The number of ketones is 1. The largest absolute Gasteiger partial charge is 0.427 e. The van der Waals surface area contributed by atoms with Crippen LogP contribution in [0.5, 0.6) is 5.75 Å². The summed E-state index contributed by atoms with van der Waals surface area (Å²) >= 11 is 0. The minimum Gasteiger partial charge on any atom is -0.427 e. The summed E-state index contributed by atoms with van der Waals surface area (Å²) in [5.41, 5.74) is 2.99. The van der Waals surface area contributed by atoms with Gasteiger partial charge in [0.05, 0.1) is 0 Å². The number of hydrogen-bond donors (Lipinski definition) is 0. The van der Waals surface area contributed by atoms with E-state index in [1.807, 2.05) is 48.5 Å². The first kappa shape index (κ1) is 17.2. The van der Waals surface area contributed by atoms with E-state index in [0.717, 1.165) is 36.0 Å². The van der Waals surface area contributed by atoms with Gasteiger partial charge in [-0.3, -0.25) is 9.59 Å². The Hall–Kier alpha value is -2.68. The van der Waals surface area contributed by atoms with E-state index in [1.54, 1.807) is 12.1 Å². The second kappa shape index (κ2) is 8.43. The topological polar surface area (TPSA) is 43.4 Å². The molecule has 0 spiro atoms. The zero-order valence-corrected chi connectivity index (χ0v) is 14.2. The maximum atomic E-state index is 12.0. The lowest BCUT2D eigenvalue weighted by molar-refractivity contribution is -0.134. The average molecular weight is 334 g/mol. The Kier molecular flexibility index (Phi) is 5.78. The third-order valence-electron chi connectivity index (χ3n) is 4.37. The molecule has 0 N–H and O–H groups in total. The van der Waals surface area contributed by atoms with Crippen molar-refractivity contribution in [3.8, 4) is 5.75 Å². The molecule has 0 bridgehead atoms. The van der Waals surface area contributed by atoms with Crippen LogP contribution in [0.4, 0.5) is 0 Å². The third kappa shape index (κ3) is 5.15. The van der Waals surface area contributed by atoms with Crippen LogP contribution >= 0.6 is 0 Å². The Morgan fingerprint density at radius 2 is 1.68 bits per heavy atom. The summed E-state index contributed by atoms with van der Waals surface area (Å²) in [5.74, 6) is 0.551. The van der Waals surface area contributed by atoms with Crippen molar-refractivity contribution in [3.05, 3.63) is 71.3 Å². The fourth-order valence-electron chi connectivity index (χ4n) is 2.96.